The normalized spacial score (nSPS) is 17.4. The molecule has 10 heteroatoms. The molecule has 4 rings (SSSR count). The Labute approximate surface area is 243 Å². The first kappa shape index (κ1) is 30.6. The van der Waals surface area contributed by atoms with Crippen LogP contribution in [0.3, 0.4) is 0 Å². The Bertz CT molecular complexity index is 1460. The number of benzene rings is 3. The minimum atomic E-state index is -3.34. The number of phenolic OH excluding ortho intramolecular Hbond substituents is 1. The van der Waals surface area contributed by atoms with Gasteiger partial charge in [0.05, 0.1) is 12.6 Å². The van der Waals surface area contributed by atoms with Gasteiger partial charge in [-0.05, 0) is 55.5 Å². The van der Waals surface area contributed by atoms with Crippen LogP contribution in [0.1, 0.15) is 44.6 Å². The molecule has 0 bridgehead atoms. The number of amides is 3. The van der Waals surface area contributed by atoms with E-state index in [2.05, 4.69) is 10.6 Å². The van der Waals surface area contributed by atoms with Crippen molar-refractivity contribution in [3.8, 4) is 5.75 Å². The molecule has 222 valence electrons. The molecule has 1 unspecified atom stereocenters. The summed E-state index contributed by atoms with van der Waals surface area (Å²) in [7, 11) is 0. The van der Waals surface area contributed by atoms with Crippen LogP contribution in [-0.4, -0.2) is 63.5 Å². The Hall–Kier alpha value is -4.31. The number of hydrogen-bond acceptors (Lipinski definition) is 5. The van der Waals surface area contributed by atoms with Gasteiger partial charge in [0, 0.05) is 24.1 Å². The average molecular weight is 580 g/mol. The minimum Gasteiger partial charge on any atom is -0.507 e. The second kappa shape index (κ2) is 12.7. The van der Waals surface area contributed by atoms with Gasteiger partial charge in [-0.25, -0.2) is 8.78 Å². The van der Waals surface area contributed by atoms with Crippen molar-refractivity contribution in [3.05, 3.63) is 100 Å². The summed E-state index contributed by atoms with van der Waals surface area (Å²) in [6, 6.07) is 16.4. The summed E-state index contributed by atoms with van der Waals surface area (Å²) in [4.78, 5) is 40.6. The number of rotatable bonds is 9. The van der Waals surface area contributed by atoms with Crippen molar-refractivity contribution >= 4 is 17.7 Å². The highest BCUT2D eigenvalue weighted by Gasteiger charge is 2.51. The van der Waals surface area contributed by atoms with E-state index in [0.717, 1.165) is 11.1 Å². The van der Waals surface area contributed by atoms with Gasteiger partial charge in [-0.3, -0.25) is 14.4 Å². The minimum absolute atomic E-state index is 0.00472. The Morgan fingerprint density at radius 2 is 1.64 bits per heavy atom. The lowest BCUT2D eigenvalue weighted by Gasteiger charge is -2.30. The van der Waals surface area contributed by atoms with Gasteiger partial charge in [-0.15, -0.1) is 0 Å². The van der Waals surface area contributed by atoms with Gasteiger partial charge in [-0.2, -0.15) is 0 Å². The van der Waals surface area contributed by atoms with E-state index in [-0.39, 0.29) is 24.3 Å². The predicted octanol–water partition coefficient (Wildman–Crippen LogP) is 3.57. The lowest BCUT2D eigenvalue weighted by atomic mass is 9.98. The summed E-state index contributed by atoms with van der Waals surface area (Å²) in [6.07, 6.45) is -2.82. The van der Waals surface area contributed by atoms with Crippen LogP contribution in [0.2, 0.25) is 0 Å². The number of halogens is 2. The van der Waals surface area contributed by atoms with E-state index in [1.54, 1.807) is 62.4 Å². The van der Waals surface area contributed by atoms with E-state index in [1.165, 1.54) is 6.07 Å². The number of nitrogens with zero attached hydrogens (tertiary/aromatic N) is 1. The van der Waals surface area contributed by atoms with Crippen LogP contribution in [0, 0.1) is 20.8 Å². The molecule has 42 heavy (non-hydrogen) atoms. The first-order valence-electron chi connectivity index (χ1n) is 13.7. The molecular formula is C32H35F2N3O5. The third kappa shape index (κ3) is 6.94. The second-order valence-electron chi connectivity index (χ2n) is 10.8. The molecule has 8 nitrogen and oxygen atoms in total. The number of hydrogen-bond donors (Lipinski definition) is 4. The quantitative estimate of drug-likeness (QED) is 0.309. The summed E-state index contributed by atoms with van der Waals surface area (Å²) in [5, 5.41) is 26.9. The van der Waals surface area contributed by atoms with E-state index in [4.69, 9.17) is 0 Å². The smallest absolute Gasteiger partial charge is 0.267 e. The molecule has 1 aliphatic rings. The predicted molar refractivity (Wildman–Crippen MR) is 153 cm³/mol. The number of carbonyl (C=O) groups is 3. The Kier molecular flexibility index (Phi) is 9.26. The SMILES string of the molecule is Cc1ccccc1CNC(=O)[C@@H]1CC(F)(F)CN1C(=O)[C@@H](O)C(Cc1ccccc1)NC(=O)c1ccc(C)c(O)c1C. The Morgan fingerprint density at radius 3 is 2.33 bits per heavy atom. The number of aromatic hydroxyl groups is 1. The van der Waals surface area contributed by atoms with Crippen molar-refractivity contribution in [1.29, 1.82) is 0 Å². The number of phenols is 1. The van der Waals surface area contributed by atoms with Crippen LogP contribution in [0.4, 0.5) is 8.78 Å². The standard InChI is InChI=1S/C32H35F2N3O5/c1-19-9-7-8-12-23(19)17-35-30(41)26-16-32(33,34)18-37(26)31(42)28(39)25(15-22-10-5-4-6-11-22)36-29(40)24-14-13-20(2)27(38)21(24)3/h4-14,25-26,28,38-39H,15-18H2,1-3H3,(H,35,41)(H,36,40)/t25?,26-,28-/m0/s1. The lowest BCUT2D eigenvalue weighted by molar-refractivity contribution is -0.147. The van der Waals surface area contributed by atoms with Gasteiger partial charge in [0.15, 0.2) is 6.10 Å². The molecule has 0 radical (unpaired) electrons. The van der Waals surface area contributed by atoms with E-state index >= 15 is 0 Å². The highest BCUT2D eigenvalue weighted by molar-refractivity contribution is 5.97. The fourth-order valence-corrected chi connectivity index (χ4v) is 5.17. The van der Waals surface area contributed by atoms with Crippen LogP contribution in [0.15, 0.2) is 66.7 Å². The number of aliphatic hydroxyl groups is 1. The first-order chi connectivity index (χ1) is 19.9. The summed E-state index contributed by atoms with van der Waals surface area (Å²) in [5.74, 6) is -5.90. The molecular weight excluding hydrogens is 544 g/mol. The average Bonchev–Trinajstić information content (AvgIpc) is 3.30. The first-order valence-corrected chi connectivity index (χ1v) is 13.7. The number of alkyl halides is 2. The summed E-state index contributed by atoms with van der Waals surface area (Å²) >= 11 is 0. The fraction of sp³-hybridized carbons (Fsp3) is 0.344. The molecule has 0 spiro atoms. The lowest BCUT2D eigenvalue weighted by Crippen LogP contribution is -2.56. The van der Waals surface area contributed by atoms with Gasteiger partial charge >= 0.3 is 0 Å². The maximum atomic E-state index is 14.6. The number of carbonyl (C=O) groups excluding carboxylic acids is 3. The van der Waals surface area contributed by atoms with Gasteiger partial charge < -0.3 is 25.7 Å². The molecule has 0 saturated carbocycles. The van der Waals surface area contributed by atoms with Gasteiger partial charge in [0.2, 0.25) is 5.91 Å². The molecule has 3 aromatic carbocycles. The molecule has 3 atom stereocenters. The number of aryl methyl sites for hydroxylation is 2. The van der Waals surface area contributed by atoms with E-state index in [0.29, 0.717) is 21.6 Å². The van der Waals surface area contributed by atoms with Crippen molar-refractivity contribution in [1.82, 2.24) is 15.5 Å². The third-order valence-electron chi connectivity index (χ3n) is 7.70. The number of nitrogens with one attached hydrogen (secondary N) is 2. The zero-order valence-electron chi connectivity index (χ0n) is 23.7. The summed E-state index contributed by atoms with van der Waals surface area (Å²) < 4.78 is 29.2. The third-order valence-corrected chi connectivity index (χ3v) is 7.70. The van der Waals surface area contributed by atoms with Crippen molar-refractivity contribution in [2.45, 2.75) is 64.3 Å². The van der Waals surface area contributed by atoms with Crippen LogP contribution < -0.4 is 10.6 Å². The Morgan fingerprint density at radius 1 is 0.976 bits per heavy atom. The fourth-order valence-electron chi connectivity index (χ4n) is 5.17. The zero-order valence-corrected chi connectivity index (χ0v) is 23.7. The van der Waals surface area contributed by atoms with Crippen LogP contribution in [0.25, 0.3) is 0 Å². The number of aliphatic hydroxyl groups excluding tert-OH is 1. The topological polar surface area (TPSA) is 119 Å². The maximum Gasteiger partial charge on any atom is 0.267 e. The molecule has 3 aromatic rings. The van der Waals surface area contributed by atoms with Gasteiger partial charge in [-0.1, -0.05) is 60.7 Å². The van der Waals surface area contributed by atoms with E-state index < -0.39 is 54.8 Å². The molecule has 1 heterocycles. The molecule has 1 fully saturated rings. The van der Waals surface area contributed by atoms with Crippen LogP contribution >= 0.6 is 0 Å². The highest BCUT2D eigenvalue weighted by atomic mass is 19.3. The second-order valence-corrected chi connectivity index (χ2v) is 10.8. The molecule has 4 N–H and O–H groups in total. The van der Waals surface area contributed by atoms with E-state index in [9.17, 15) is 33.4 Å². The maximum absolute atomic E-state index is 14.6. The zero-order chi connectivity index (χ0) is 30.6. The van der Waals surface area contributed by atoms with Crippen molar-refractivity contribution in [2.75, 3.05) is 6.54 Å². The summed E-state index contributed by atoms with van der Waals surface area (Å²) in [6.45, 7) is 4.16. The summed E-state index contributed by atoms with van der Waals surface area (Å²) in [5.41, 5.74) is 3.42. The monoisotopic (exact) mass is 579 g/mol. The van der Waals surface area contributed by atoms with Gasteiger partial charge in [0.25, 0.3) is 17.7 Å². The van der Waals surface area contributed by atoms with Crippen molar-refractivity contribution in [2.24, 2.45) is 0 Å². The van der Waals surface area contributed by atoms with Crippen LogP contribution in [0.5, 0.6) is 5.75 Å². The highest BCUT2D eigenvalue weighted by Crippen LogP contribution is 2.33. The largest absolute Gasteiger partial charge is 0.507 e. The van der Waals surface area contributed by atoms with Gasteiger partial charge in [0.1, 0.15) is 11.8 Å². The molecule has 0 aliphatic carbocycles. The molecule has 1 saturated heterocycles. The Balaban J connectivity index is 1.56. The molecule has 0 aromatic heterocycles. The molecule has 1 aliphatic heterocycles. The van der Waals surface area contributed by atoms with Crippen LogP contribution in [-0.2, 0) is 22.6 Å². The van der Waals surface area contributed by atoms with E-state index in [1.807, 2.05) is 19.1 Å². The number of likely N-dealkylation sites (tertiary alicyclic amines) is 1. The molecule has 3 amide bonds. The van der Waals surface area contributed by atoms with Crippen molar-refractivity contribution < 1.29 is 33.4 Å². The van der Waals surface area contributed by atoms with Crippen molar-refractivity contribution in [3.63, 3.8) is 0 Å².